The number of hydrogen-bond acceptors (Lipinski definition) is 5. The maximum Gasteiger partial charge on any atom is 0.231 e. The lowest BCUT2D eigenvalue weighted by Crippen LogP contribution is -2.35. The zero-order valence-electron chi connectivity index (χ0n) is 10.3. The van der Waals surface area contributed by atoms with Gasteiger partial charge in [-0.1, -0.05) is 33.2 Å². The number of benzene rings is 1. The van der Waals surface area contributed by atoms with Gasteiger partial charge in [0, 0.05) is 11.0 Å². The number of ether oxygens (including phenoxy) is 1. The normalized spacial score (nSPS) is 19.5. The van der Waals surface area contributed by atoms with Gasteiger partial charge in [0.05, 0.1) is 25.7 Å². The van der Waals surface area contributed by atoms with Crippen LogP contribution in [0.2, 0.25) is 0 Å². The molecule has 1 fully saturated rings. The Kier molecular flexibility index (Phi) is 3.91. The summed E-state index contributed by atoms with van der Waals surface area (Å²) >= 11 is 3.41. The van der Waals surface area contributed by atoms with Crippen LogP contribution < -0.4 is 5.32 Å². The van der Waals surface area contributed by atoms with Crippen LogP contribution in [0, 0.1) is 0 Å². The molecule has 2 heterocycles. The van der Waals surface area contributed by atoms with E-state index in [4.69, 9.17) is 9.26 Å². The first-order chi connectivity index (χ1) is 9.31. The maximum absolute atomic E-state index is 5.39. The van der Waals surface area contributed by atoms with Crippen LogP contribution in [0.15, 0.2) is 33.3 Å². The van der Waals surface area contributed by atoms with E-state index in [2.05, 4.69) is 31.4 Å². The summed E-state index contributed by atoms with van der Waals surface area (Å²) < 4.78 is 11.7. The van der Waals surface area contributed by atoms with Crippen LogP contribution in [0.5, 0.6) is 0 Å². The summed E-state index contributed by atoms with van der Waals surface area (Å²) in [6.07, 6.45) is 0.647. The van der Waals surface area contributed by atoms with E-state index >= 15 is 0 Å². The van der Waals surface area contributed by atoms with Gasteiger partial charge in [0.25, 0.3) is 0 Å². The zero-order valence-corrected chi connectivity index (χ0v) is 11.9. The Morgan fingerprint density at radius 1 is 1.32 bits per heavy atom. The minimum Gasteiger partial charge on any atom is -0.378 e. The molecular formula is C13H14BrN3O2. The van der Waals surface area contributed by atoms with Gasteiger partial charge >= 0.3 is 0 Å². The molecule has 100 valence electrons. The third-order valence-electron chi connectivity index (χ3n) is 2.99. The van der Waals surface area contributed by atoms with Gasteiger partial charge in [-0.25, -0.2) is 0 Å². The summed E-state index contributed by atoms with van der Waals surface area (Å²) in [7, 11) is 0. The third-order valence-corrected chi connectivity index (χ3v) is 3.51. The van der Waals surface area contributed by atoms with E-state index in [-0.39, 0.29) is 6.04 Å². The van der Waals surface area contributed by atoms with E-state index in [1.54, 1.807) is 0 Å². The molecule has 1 N–H and O–H groups in total. The average molecular weight is 324 g/mol. The number of rotatable bonds is 3. The van der Waals surface area contributed by atoms with Crippen molar-refractivity contribution in [1.82, 2.24) is 15.5 Å². The average Bonchev–Trinajstić information content (AvgIpc) is 2.91. The molecule has 0 amide bonds. The molecule has 0 bridgehead atoms. The smallest absolute Gasteiger partial charge is 0.231 e. The zero-order chi connectivity index (χ0) is 13.1. The lowest BCUT2D eigenvalue weighted by atomic mass is 10.1. The van der Waals surface area contributed by atoms with Gasteiger partial charge in [0.2, 0.25) is 5.89 Å². The molecule has 0 radical (unpaired) electrons. The molecule has 19 heavy (non-hydrogen) atoms. The van der Waals surface area contributed by atoms with Crippen LogP contribution in [0.25, 0.3) is 0 Å². The second-order valence-electron chi connectivity index (χ2n) is 4.43. The summed E-state index contributed by atoms with van der Waals surface area (Å²) in [5.41, 5.74) is 1.14. The predicted molar refractivity (Wildman–Crippen MR) is 72.8 cm³/mol. The lowest BCUT2D eigenvalue weighted by molar-refractivity contribution is 0.0734. The van der Waals surface area contributed by atoms with Crippen LogP contribution in [-0.2, 0) is 11.2 Å². The summed E-state index contributed by atoms with van der Waals surface area (Å²) in [6.45, 7) is 2.15. The Bertz CT molecular complexity index is 535. The number of aromatic nitrogens is 2. The molecule has 1 unspecified atom stereocenters. The first-order valence-corrected chi connectivity index (χ1v) is 6.98. The van der Waals surface area contributed by atoms with E-state index < -0.39 is 0 Å². The topological polar surface area (TPSA) is 60.2 Å². The summed E-state index contributed by atoms with van der Waals surface area (Å²) in [5.74, 6) is 1.30. The highest BCUT2D eigenvalue weighted by Gasteiger charge is 2.20. The van der Waals surface area contributed by atoms with Crippen LogP contribution in [0.3, 0.4) is 0 Å². The minimum absolute atomic E-state index is 0.0381. The van der Waals surface area contributed by atoms with Gasteiger partial charge in [0.1, 0.15) is 0 Å². The molecule has 2 aromatic rings. The largest absolute Gasteiger partial charge is 0.378 e. The van der Waals surface area contributed by atoms with Crippen LogP contribution in [-0.4, -0.2) is 29.9 Å². The number of hydrogen-bond donors (Lipinski definition) is 1. The number of morpholine rings is 1. The molecule has 0 aliphatic carbocycles. The van der Waals surface area contributed by atoms with Gasteiger partial charge in [-0.05, 0) is 17.7 Å². The van der Waals surface area contributed by atoms with E-state index in [1.807, 2.05) is 24.3 Å². The maximum atomic E-state index is 5.39. The summed E-state index contributed by atoms with van der Waals surface area (Å²) in [4.78, 5) is 4.42. The standard InChI is InChI=1S/C13H14BrN3O2/c14-10-3-1-9(2-4-10)7-12-16-13(17-19-12)11-8-18-6-5-15-11/h1-4,11,15H,5-8H2. The molecule has 1 atom stereocenters. The van der Waals surface area contributed by atoms with Crippen molar-refractivity contribution in [2.75, 3.05) is 19.8 Å². The molecule has 1 aromatic heterocycles. The fourth-order valence-electron chi connectivity index (χ4n) is 1.99. The predicted octanol–water partition coefficient (Wildman–Crippen LogP) is 2.08. The highest BCUT2D eigenvalue weighted by Crippen LogP contribution is 2.16. The van der Waals surface area contributed by atoms with Gasteiger partial charge in [-0.3, -0.25) is 0 Å². The van der Waals surface area contributed by atoms with Crippen molar-refractivity contribution in [2.24, 2.45) is 0 Å². The Labute approximate surface area is 119 Å². The Morgan fingerprint density at radius 2 is 2.16 bits per heavy atom. The highest BCUT2D eigenvalue weighted by atomic mass is 79.9. The summed E-state index contributed by atoms with van der Waals surface area (Å²) in [5, 5.41) is 7.32. The number of nitrogens with zero attached hydrogens (tertiary/aromatic N) is 2. The van der Waals surface area contributed by atoms with Crippen molar-refractivity contribution >= 4 is 15.9 Å². The van der Waals surface area contributed by atoms with Gasteiger partial charge in [0.15, 0.2) is 5.82 Å². The molecule has 5 nitrogen and oxygen atoms in total. The fourth-order valence-corrected chi connectivity index (χ4v) is 2.25. The van der Waals surface area contributed by atoms with Crippen LogP contribution in [0.4, 0.5) is 0 Å². The highest BCUT2D eigenvalue weighted by molar-refractivity contribution is 9.10. The van der Waals surface area contributed by atoms with Gasteiger partial charge in [-0.15, -0.1) is 0 Å². The molecule has 1 aliphatic rings. The van der Waals surface area contributed by atoms with Crippen LogP contribution in [0.1, 0.15) is 23.3 Å². The SMILES string of the molecule is Brc1ccc(Cc2nc(C3COCCN3)no2)cc1. The second kappa shape index (κ2) is 5.81. The Morgan fingerprint density at radius 3 is 2.89 bits per heavy atom. The van der Waals surface area contributed by atoms with Gasteiger partial charge in [-0.2, -0.15) is 4.98 Å². The van der Waals surface area contributed by atoms with Crippen molar-refractivity contribution in [3.63, 3.8) is 0 Å². The molecule has 1 aliphatic heterocycles. The molecule has 0 spiro atoms. The Balaban J connectivity index is 1.68. The molecule has 1 saturated heterocycles. The first-order valence-electron chi connectivity index (χ1n) is 6.19. The van der Waals surface area contributed by atoms with E-state index in [0.717, 1.165) is 23.2 Å². The molecular weight excluding hydrogens is 310 g/mol. The second-order valence-corrected chi connectivity index (χ2v) is 5.35. The molecule has 0 saturated carbocycles. The molecule has 1 aromatic carbocycles. The van der Waals surface area contributed by atoms with Crippen molar-refractivity contribution in [2.45, 2.75) is 12.5 Å². The van der Waals surface area contributed by atoms with E-state index in [0.29, 0.717) is 24.7 Å². The number of nitrogens with one attached hydrogen (secondary N) is 1. The summed E-state index contributed by atoms with van der Waals surface area (Å²) in [6, 6.07) is 8.12. The molecule has 3 rings (SSSR count). The fraction of sp³-hybridized carbons (Fsp3) is 0.385. The molecule has 6 heteroatoms. The van der Waals surface area contributed by atoms with Gasteiger partial charge < -0.3 is 14.6 Å². The third kappa shape index (κ3) is 3.20. The first kappa shape index (κ1) is 12.8. The minimum atomic E-state index is 0.0381. The van der Waals surface area contributed by atoms with E-state index in [9.17, 15) is 0 Å². The van der Waals surface area contributed by atoms with Crippen molar-refractivity contribution < 1.29 is 9.26 Å². The Hall–Kier alpha value is -1.24. The van der Waals surface area contributed by atoms with Crippen molar-refractivity contribution in [3.05, 3.63) is 46.0 Å². The van der Waals surface area contributed by atoms with Crippen LogP contribution >= 0.6 is 15.9 Å². The van der Waals surface area contributed by atoms with Crippen molar-refractivity contribution in [1.29, 1.82) is 0 Å². The van der Waals surface area contributed by atoms with Crippen molar-refractivity contribution in [3.8, 4) is 0 Å². The lowest BCUT2D eigenvalue weighted by Gasteiger charge is -2.20. The van der Waals surface area contributed by atoms with E-state index in [1.165, 1.54) is 0 Å². The number of halogens is 1. The monoisotopic (exact) mass is 323 g/mol. The quantitative estimate of drug-likeness (QED) is 0.937.